The quantitative estimate of drug-likeness (QED) is 0.792. The molecular formula is C18H21NO5. The van der Waals surface area contributed by atoms with E-state index in [4.69, 9.17) is 9.47 Å². The van der Waals surface area contributed by atoms with Crippen molar-refractivity contribution in [2.24, 2.45) is 0 Å². The van der Waals surface area contributed by atoms with Crippen molar-refractivity contribution in [1.29, 1.82) is 0 Å². The van der Waals surface area contributed by atoms with Gasteiger partial charge in [-0.1, -0.05) is 12.1 Å². The van der Waals surface area contributed by atoms with Crippen LogP contribution in [-0.4, -0.2) is 47.9 Å². The summed E-state index contributed by atoms with van der Waals surface area (Å²) in [5.74, 6) is 0.116. The van der Waals surface area contributed by atoms with Gasteiger partial charge in [-0.3, -0.25) is 14.4 Å². The number of hydrogen-bond donors (Lipinski definition) is 0. The minimum atomic E-state index is -0.662. The second kappa shape index (κ2) is 6.63. The number of benzene rings is 1. The van der Waals surface area contributed by atoms with Gasteiger partial charge in [-0.15, -0.1) is 0 Å². The summed E-state index contributed by atoms with van der Waals surface area (Å²) in [5.41, 5.74) is -0.0630. The van der Waals surface area contributed by atoms with Crippen molar-refractivity contribution in [2.75, 3.05) is 19.7 Å². The molecule has 1 spiro atoms. The molecule has 1 saturated heterocycles. The highest BCUT2D eigenvalue weighted by molar-refractivity contribution is 6.00. The monoisotopic (exact) mass is 331 g/mol. The van der Waals surface area contributed by atoms with E-state index in [0.29, 0.717) is 37.3 Å². The Morgan fingerprint density at radius 2 is 2.08 bits per heavy atom. The second-order valence-corrected chi connectivity index (χ2v) is 6.25. The molecule has 128 valence electrons. The zero-order valence-electron chi connectivity index (χ0n) is 13.7. The minimum absolute atomic E-state index is 0.0446. The lowest BCUT2D eigenvalue weighted by molar-refractivity contribution is -0.148. The summed E-state index contributed by atoms with van der Waals surface area (Å²) in [6, 6.07) is 7.20. The fourth-order valence-corrected chi connectivity index (χ4v) is 3.33. The fourth-order valence-electron chi connectivity index (χ4n) is 3.33. The first kappa shape index (κ1) is 16.5. The largest absolute Gasteiger partial charge is 0.486 e. The molecule has 0 aliphatic carbocycles. The van der Waals surface area contributed by atoms with E-state index in [0.717, 1.165) is 0 Å². The third kappa shape index (κ3) is 3.27. The van der Waals surface area contributed by atoms with Crippen molar-refractivity contribution in [1.82, 2.24) is 4.90 Å². The standard InChI is InChI=1S/C18H21NO5/c1-2-23-17(22)12-19-10-9-18(8-7-16(19)21)11-14(20)13-5-3-4-6-15(13)24-18/h3-6H,2,7-12H2,1H3/t18-/m1/s1. The van der Waals surface area contributed by atoms with E-state index in [1.54, 1.807) is 19.1 Å². The van der Waals surface area contributed by atoms with E-state index >= 15 is 0 Å². The lowest BCUT2D eigenvalue weighted by Crippen LogP contribution is -2.43. The van der Waals surface area contributed by atoms with Crippen LogP contribution in [0.1, 0.15) is 43.0 Å². The van der Waals surface area contributed by atoms with Crippen LogP contribution >= 0.6 is 0 Å². The Bertz CT molecular complexity index is 671. The number of carbonyl (C=O) groups excluding carboxylic acids is 3. The van der Waals surface area contributed by atoms with Crippen LogP contribution in [0.5, 0.6) is 5.75 Å². The molecule has 2 aliphatic heterocycles. The summed E-state index contributed by atoms with van der Waals surface area (Å²) in [7, 11) is 0. The van der Waals surface area contributed by atoms with Crippen LogP contribution in [0.15, 0.2) is 24.3 Å². The topological polar surface area (TPSA) is 72.9 Å². The number of amides is 1. The summed E-state index contributed by atoms with van der Waals surface area (Å²) < 4.78 is 11.1. The SMILES string of the molecule is CCOC(=O)CN1CC[C@]2(CCC1=O)CC(=O)c1ccccc1O2. The fraction of sp³-hybridized carbons (Fsp3) is 0.500. The summed E-state index contributed by atoms with van der Waals surface area (Å²) in [4.78, 5) is 37.9. The average molecular weight is 331 g/mol. The maximum atomic E-state index is 12.4. The molecule has 2 heterocycles. The Hall–Kier alpha value is -2.37. The van der Waals surface area contributed by atoms with Crippen LogP contribution < -0.4 is 4.74 Å². The molecule has 2 aliphatic rings. The van der Waals surface area contributed by atoms with Gasteiger partial charge in [0.2, 0.25) is 5.91 Å². The van der Waals surface area contributed by atoms with Gasteiger partial charge in [0.25, 0.3) is 0 Å². The third-order valence-corrected chi connectivity index (χ3v) is 4.61. The first-order valence-electron chi connectivity index (χ1n) is 8.28. The molecule has 1 atom stereocenters. The van der Waals surface area contributed by atoms with Crippen LogP contribution in [0, 0.1) is 0 Å². The summed E-state index contributed by atoms with van der Waals surface area (Å²) >= 11 is 0. The highest BCUT2D eigenvalue weighted by Crippen LogP contribution is 2.39. The van der Waals surface area contributed by atoms with Gasteiger partial charge in [0, 0.05) is 19.4 Å². The van der Waals surface area contributed by atoms with E-state index in [1.807, 2.05) is 12.1 Å². The number of carbonyl (C=O) groups is 3. The highest BCUT2D eigenvalue weighted by atomic mass is 16.5. The van der Waals surface area contributed by atoms with E-state index in [9.17, 15) is 14.4 Å². The number of Topliss-reactive ketones (excluding diaryl/α,β-unsaturated/α-hetero) is 1. The van der Waals surface area contributed by atoms with Crippen molar-refractivity contribution < 1.29 is 23.9 Å². The molecule has 0 radical (unpaired) electrons. The summed E-state index contributed by atoms with van der Waals surface area (Å²) in [5, 5.41) is 0. The van der Waals surface area contributed by atoms with Crippen molar-refractivity contribution in [3.8, 4) is 5.75 Å². The van der Waals surface area contributed by atoms with Gasteiger partial charge in [-0.2, -0.15) is 0 Å². The second-order valence-electron chi connectivity index (χ2n) is 6.25. The number of esters is 1. The molecule has 0 bridgehead atoms. The molecule has 1 amide bonds. The molecule has 0 N–H and O–H groups in total. The number of ketones is 1. The Morgan fingerprint density at radius 1 is 1.29 bits per heavy atom. The molecule has 0 aromatic heterocycles. The molecule has 6 nitrogen and oxygen atoms in total. The number of ether oxygens (including phenoxy) is 2. The molecule has 3 rings (SSSR count). The van der Waals surface area contributed by atoms with Gasteiger partial charge in [0.05, 0.1) is 18.6 Å². The Balaban J connectivity index is 1.74. The molecule has 0 saturated carbocycles. The van der Waals surface area contributed by atoms with Gasteiger partial charge >= 0.3 is 5.97 Å². The van der Waals surface area contributed by atoms with Crippen LogP contribution in [0.2, 0.25) is 0 Å². The van der Waals surface area contributed by atoms with Gasteiger partial charge < -0.3 is 14.4 Å². The average Bonchev–Trinajstić information content (AvgIpc) is 2.69. The predicted octanol–water partition coefficient (Wildman–Crippen LogP) is 1.97. The lowest BCUT2D eigenvalue weighted by Gasteiger charge is -2.37. The number of likely N-dealkylation sites (tertiary alicyclic amines) is 1. The molecule has 1 aromatic carbocycles. The Labute approximate surface area is 140 Å². The van der Waals surface area contributed by atoms with Crippen molar-refractivity contribution in [3.63, 3.8) is 0 Å². The predicted molar refractivity (Wildman–Crippen MR) is 85.8 cm³/mol. The van der Waals surface area contributed by atoms with Gasteiger partial charge in [0.1, 0.15) is 17.9 Å². The molecule has 0 unspecified atom stereocenters. The maximum Gasteiger partial charge on any atom is 0.325 e. The maximum absolute atomic E-state index is 12.4. The Kier molecular flexibility index (Phi) is 4.55. The van der Waals surface area contributed by atoms with Gasteiger partial charge in [-0.05, 0) is 25.5 Å². The molecule has 6 heteroatoms. The number of nitrogens with zero attached hydrogens (tertiary/aromatic N) is 1. The summed E-state index contributed by atoms with van der Waals surface area (Å²) in [6.45, 7) is 2.36. The van der Waals surface area contributed by atoms with Crippen LogP contribution in [0.25, 0.3) is 0 Å². The summed E-state index contributed by atoms with van der Waals surface area (Å²) in [6.07, 6.45) is 1.53. The molecular weight excluding hydrogens is 310 g/mol. The minimum Gasteiger partial charge on any atom is -0.486 e. The van der Waals surface area contributed by atoms with Crippen molar-refractivity contribution in [3.05, 3.63) is 29.8 Å². The first-order valence-corrected chi connectivity index (χ1v) is 8.28. The zero-order valence-corrected chi connectivity index (χ0v) is 13.7. The highest BCUT2D eigenvalue weighted by Gasteiger charge is 2.43. The third-order valence-electron chi connectivity index (χ3n) is 4.61. The molecule has 1 fully saturated rings. The van der Waals surface area contributed by atoms with E-state index in [2.05, 4.69) is 0 Å². The van der Waals surface area contributed by atoms with E-state index in [1.165, 1.54) is 4.90 Å². The van der Waals surface area contributed by atoms with Crippen LogP contribution in [0.4, 0.5) is 0 Å². The van der Waals surface area contributed by atoms with Crippen LogP contribution in [0.3, 0.4) is 0 Å². The number of fused-ring (bicyclic) bond motifs is 1. The van der Waals surface area contributed by atoms with E-state index in [-0.39, 0.29) is 31.1 Å². The van der Waals surface area contributed by atoms with E-state index < -0.39 is 11.6 Å². The molecule has 1 aromatic rings. The zero-order chi connectivity index (χ0) is 17.2. The van der Waals surface area contributed by atoms with Crippen LogP contribution in [-0.2, 0) is 14.3 Å². The lowest BCUT2D eigenvalue weighted by atomic mass is 9.84. The van der Waals surface area contributed by atoms with Gasteiger partial charge in [0.15, 0.2) is 5.78 Å². The molecule has 24 heavy (non-hydrogen) atoms. The van der Waals surface area contributed by atoms with Gasteiger partial charge in [-0.25, -0.2) is 0 Å². The Morgan fingerprint density at radius 3 is 2.88 bits per heavy atom. The van der Waals surface area contributed by atoms with Crippen molar-refractivity contribution >= 4 is 17.7 Å². The van der Waals surface area contributed by atoms with Crippen molar-refractivity contribution in [2.45, 2.75) is 38.2 Å². The number of hydrogen-bond acceptors (Lipinski definition) is 5. The normalized spacial score (nSPS) is 23.5. The first-order chi connectivity index (χ1) is 11.5. The number of para-hydroxylation sites is 1. The smallest absolute Gasteiger partial charge is 0.325 e. The number of rotatable bonds is 3.